The van der Waals surface area contributed by atoms with Gasteiger partial charge in [-0.1, -0.05) is 41.7 Å². The predicted molar refractivity (Wildman–Crippen MR) is 96.2 cm³/mol. The van der Waals surface area contributed by atoms with Gasteiger partial charge in [0.2, 0.25) is 11.7 Å². The molecule has 1 amide bonds. The van der Waals surface area contributed by atoms with Crippen LogP contribution in [0, 0.1) is 0 Å². The van der Waals surface area contributed by atoms with Crippen LogP contribution in [0.25, 0.3) is 6.08 Å². The number of carbonyl (C=O) groups is 2. The van der Waals surface area contributed by atoms with Gasteiger partial charge in [-0.15, -0.1) is 0 Å². The van der Waals surface area contributed by atoms with Crippen molar-refractivity contribution in [1.29, 1.82) is 0 Å². The Morgan fingerprint density at radius 3 is 2.33 bits per heavy atom. The van der Waals surface area contributed by atoms with Crippen molar-refractivity contribution >= 4 is 52.6 Å². The van der Waals surface area contributed by atoms with E-state index in [0.717, 1.165) is 0 Å². The number of rotatable bonds is 3. The fourth-order valence-corrected chi connectivity index (χ4v) is 3.16. The van der Waals surface area contributed by atoms with Crippen LogP contribution in [-0.2, 0) is 9.59 Å². The second kappa shape index (κ2) is 7.43. The molecule has 1 aromatic rings. The van der Waals surface area contributed by atoms with Crippen molar-refractivity contribution in [3.05, 3.63) is 55.7 Å². The molecule has 126 valence electrons. The van der Waals surface area contributed by atoms with Crippen LogP contribution in [0.4, 0.5) is 0 Å². The molecule has 2 rings (SSSR count). The topological polar surface area (TPSA) is 66.4 Å². The summed E-state index contributed by atoms with van der Waals surface area (Å²) in [6.07, 6.45) is 3.82. The lowest BCUT2D eigenvalue weighted by molar-refractivity contribution is -0.120. The zero-order valence-corrected chi connectivity index (χ0v) is 15.2. The normalized spacial score (nSPS) is 16.5. The number of halogens is 3. The third-order valence-electron chi connectivity index (χ3n) is 3.38. The quantitative estimate of drug-likeness (QED) is 0.798. The van der Waals surface area contributed by atoms with Crippen molar-refractivity contribution in [3.63, 3.8) is 0 Å². The van der Waals surface area contributed by atoms with Gasteiger partial charge in [0.05, 0.1) is 20.8 Å². The fourth-order valence-electron chi connectivity index (χ4n) is 2.31. The smallest absolute Gasteiger partial charge is 0.221 e. The molecule has 0 aliphatic heterocycles. The summed E-state index contributed by atoms with van der Waals surface area (Å²) < 4.78 is 0. The molecular weight excluding hydrogens is 373 g/mol. The molecule has 0 atom stereocenters. The first-order chi connectivity index (χ1) is 11.2. The van der Waals surface area contributed by atoms with Crippen LogP contribution in [0.2, 0.25) is 10.0 Å². The second-order valence-electron chi connectivity index (χ2n) is 5.15. The SMILES string of the molecule is CCC1=C(Cl)C(=O)C(NC(C)=O)=C/C1=C\c1cc(Cl)c(O)c(Cl)c1. The third kappa shape index (κ3) is 3.83. The van der Waals surface area contributed by atoms with Gasteiger partial charge in [0.25, 0.3) is 0 Å². The van der Waals surface area contributed by atoms with E-state index in [1.54, 1.807) is 24.3 Å². The monoisotopic (exact) mass is 385 g/mol. The number of Topliss-reactive ketones (excluding diaryl/α,β-unsaturated/α-hetero) is 1. The number of amides is 1. The van der Waals surface area contributed by atoms with Crippen molar-refractivity contribution < 1.29 is 14.7 Å². The van der Waals surface area contributed by atoms with Crippen LogP contribution in [0.5, 0.6) is 5.75 Å². The average Bonchev–Trinajstić information content (AvgIpc) is 2.50. The van der Waals surface area contributed by atoms with E-state index in [1.165, 1.54) is 6.92 Å². The van der Waals surface area contributed by atoms with E-state index < -0.39 is 5.78 Å². The molecule has 24 heavy (non-hydrogen) atoms. The van der Waals surface area contributed by atoms with E-state index in [4.69, 9.17) is 34.8 Å². The molecule has 0 radical (unpaired) electrons. The Hall–Kier alpha value is -1.75. The molecule has 2 N–H and O–H groups in total. The number of carbonyl (C=O) groups excluding carboxylic acids is 2. The lowest BCUT2D eigenvalue weighted by atomic mass is 9.93. The summed E-state index contributed by atoms with van der Waals surface area (Å²) in [7, 11) is 0. The fraction of sp³-hybridized carbons (Fsp3) is 0.176. The van der Waals surface area contributed by atoms with Gasteiger partial charge in [-0.25, -0.2) is 0 Å². The molecule has 4 nitrogen and oxygen atoms in total. The van der Waals surface area contributed by atoms with Crippen LogP contribution < -0.4 is 5.32 Å². The van der Waals surface area contributed by atoms with Gasteiger partial charge < -0.3 is 10.4 Å². The molecule has 1 aliphatic rings. The van der Waals surface area contributed by atoms with Crippen molar-refractivity contribution in [1.82, 2.24) is 5.32 Å². The molecule has 1 aromatic carbocycles. The molecule has 0 heterocycles. The summed E-state index contributed by atoms with van der Waals surface area (Å²) in [6, 6.07) is 3.08. The number of benzene rings is 1. The zero-order chi connectivity index (χ0) is 18.0. The van der Waals surface area contributed by atoms with E-state index in [2.05, 4.69) is 5.32 Å². The minimum Gasteiger partial charge on any atom is -0.505 e. The number of aromatic hydroxyl groups is 1. The van der Waals surface area contributed by atoms with Gasteiger partial charge in [0, 0.05) is 6.92 Å². The van der Waals surface area contributed by atoms with Crippen molar-refractivity contribution in [2.75, 3.05) is 0 Å². The van der Waals surface area contributed by atoms with Crippen LogP contribution in [-0.4, -0.2) is 16.8 Å². The number of allylic oxidation sites excluding steroid dienone is 4. The highest BCUT2D eigenvalue weighted by Gasteiger charge is 2.25. The molecule has 0 unspecified atom stereocenters. The summed E-state index contributed by atoms with van der Waals surface area (Å²) in [5.41, 5.74) is 2.03. The Morgan fingerprint density at radius 1 is 1.25 bits per heavy atom. The summed E-state index contributed by atoms with van der Waals surface area (Å²) in [5.74, 6) is -0.991. The maximum absolute atomic E-state index is 12.2. The van der Waals surface area contributed by atoms with E-state index in [-0.39, 0.29) is 32.4 Å². The molecular formula is C17H14Cl3NO3. The number of nitrogens with one attached hydrogen (secondary N) is 1. The summed E-state index contributed by atoms with van der Waals surface area (Å²) in [6.45, 7) is 3.18. The summed E-state index contributed by atoms with van der Waals surface area (Å²) in [4.78, 5) is 23.5. The minimum absolute atomic E-state index is 0.0611. The highest BCUT2D eigenvalue weighted by molar-refractivity contribution is 6.46. The van der Waals surface area contributed by atoms with E-state index in [1.807, 2.05) is 6.92 Å². The number of phenols is 1. The Bertz CT molecular complexity index is 799. The maximum Gasteiger partial charge on any atom is 0.221 e. The van der Waals surface area contributed by atoms with Crippen LogP contribution in [0.15, 0.2) is 40.1 Å². The lowest BCUT2D eigenvalue weighted by Gasteiger charge is -2.18. The Kier molecular flexibility index (Phi) is 5.75. The maximum atomic E-state index is 12.2. The minimum atomic E-state index is -0.428. The van der Waals surface area contributed by atoms with Crippen molar-refractivity contribution in [2.45, 2.75) is 20.3 Å². The van der Waals surface area contributed by atoms with Gasteiger partial charge in [-0.2, -0.15) is 0 Å². The summed E-state index contributed by atoms with van der Waals surface area (Å²) in [5, 5.41) is 12.4. The van der Waals surface area contributed by atoms with Gasteiger partial charge in [-0.05, 0) is 47.4 Å². The van der Waals surface area contributed by atoms with Gasteiger partial charge in [0.15, 0.2) is 5.75 Å². The Labute approximate surface area is 154 Å². The van der Waals surface area contributed by atoms with Crippen LogP contribution in [0.3, 0.4) is 0 Å². The second-order valence-corrected chi connectivity index (χ2v) is 6.34. The zero-order valence-electron chi connectivity index (χ0n) is 12.9. The number of phenolic OH excluding ortho intramolecular Hbond substituents is 1. The molecule has 1 aliphatic carbocycles. The number of ketones is 1. The standard InChI is InChI=1S/C17H14Cl3NO3/c1-3-11-10(4-9-5-12(18)16(23)13(19)6-9)7-14(21-8(2)22)17(24)15(11)20/h4-7,23H,3H2,1-2H3,(H,21,22)/b10-4+. The van der Waals surface area contributed by atoms with Gasteiger partial charge >= 0.3 is 0 Å². The van der Waals surface area contributed by atoms with Gasteiger partial charge in [0.1, 0.15) is 0 Å². The summed E-state index contributed by atoms with van der Waals surface area (Å²) >= 11 is 18.0. The molecule has 0 saturated heterocycles. The first-order valence-electron chi connectivity index (χ1n) is 7.07. The first kappa shape index (κ1) is 18.6. The van der Waals surface area contributed by atoms with E-state index >= 15 is 0 Å². The highest BCUT2D eigenvalue weighted by Crippen LogP contribution is 2.36. The van der Waals surface area contributed by atoms with Gasteiger partial charge in [-0.3, -0.25) is 9.59 Å². The molecule has 7 heteroatoms. The first-order valence-corrected chi connectivity index (χ1v) is 8.20. The molecule has 0 aromatic heterocycles. The average molecular weight is 387 g/mol. The Balaban J connectivity index is 2.57. The lowest BCUT2D eigenvalue weighted by Crippen LogP contribution is -2.27. The van der Waals surface area contributed by atoms with E-state index in [9.17, 15) is 14.7 Å². The van der Waals surface area contributed by atoms with Crippen molar-refractivity contribution in [3.8, 4) is 5.75 Å². The molecule has 0 fully saturated rings. The Morgan fingerprint density at radius 2 is 1.83 bits per heavy atom. The molecule has 0 spiro atoms. The number of hydrogen-bond acceptors (Lipinski definition) is 3. The van der Waals surface area contributed by atoms with E-state index in [0.29, 0.717) is 23.1 Å². The van der Waals surface area contributed by atoms with Crippen LogP contribution in [0.1, 0.15) is 25.8 Å². The molecule has 0 bridgehead atoms. The predicted octanol–water partition coefficient (Wildman–Crippen LogP) is 4.59. The highest BCUT2D eigenvalue weighted by atomic mass is 35.5. The van der Waals surface area contributed by atoms with Crippen LogP contribution >= 0.6 is 34.8 Å². The number of hydrogen-bond donors (Lipinski definition) is 2. The molecule has 0 saturated carbocycles. The van der Waals surface area contributed by atoms with Crippen molar-refractivity contribution in [2.24, 2.45) is 0 Å². The largest absolute Gasteiger partial charge is 0.505 e. The third-order valence-corrected chi connectivity index (χ3v) is 4.36.